The monoisotopic (exact) mass is 429 g/mol. The van der Waals surface area contributed by atoms with E-state index in [1.165, 1.54) is 35.7 Å². The van der Waals surface area contributed by atoms with E-state index in [0.717, 1.165) is 0 Å². The van der Waals surface area contributed by atoms with Crippen LogP contribution in [0.5, 0.6) is 0 Å². The summed E-state index contributed by atoms with van der Waals surface area (Å²) in [5, 5.41) is 5.43. The fraction of sp³-hybridized carbons (Fsp3) is 0.100. The highest BCUT2D eigenvalue weighted by molar-refractivity contribution is 7.90. The topological polar surface area (TPSA) is 81.1 Å². The van der Waals surface area contributed by atoms with Crippen LogP contribution >= 0.6 is 11.3 Å². The van der Waals surface area contributed by atoms with Gasteiger partial charge in [0, 0.05) is 28.7 Å². The number of nitrogens with zero attached hydrogens (tertiary/aromatic N) is 2. The van der Waals surface area contributed by atoms with Crippen LogP contribution in [0, 0.1) is 5.82 Å². The SMILES string of the molecule is O=C(Cn1cc(S(=O)(=O)Cc2cccc(F)c2)c2ccccc21)Nc1nccs1. The summed E-state index contributed by atoms with van der Waals surface area (Å²) in [5.74, 6) is -1.13. The second-order valence-corrected chi connectivity index (χ2v) is 9.27. The molecule has 0 saturated heterocycles. The van der Waals surface area contributed by atoms with Gasteiger partial charge in [-0.25, -0.2) is 17.8 Å². The van der Waals surface area contributed by atoms with Crippen LogP contribution < -0.4 is 5.32 Å². The standard InChI is InChI=1S/C20H16FN3O3S2/c21-15-5-3-4-14(10-15)13-29(26,27)18-11-24(17-7-2-1-6-16(17)18)12-19(25)23-20-22-8-9-28-20/h1-11H,12-13H2,(H,22,23,25). The maximum atomic E-state index is 13.5. The predicted octanol–water partition coefficient (Wildman–Crippen LogP) is 3.85. The van der Waals surface area contributed by atoms with E-state index in [-0.39, 0.29) is 23.1 Å². The molecular weight excluding hydrogens is 413 g/mol. The van der Waals surface area contributed by atoms with Crippen LogP contribution in [-0.4, -0.2) is 23.9 Å². The largest absolute Gasteiger partial charge is 0.337 e. The van der Waals surface area contributed by atoms with Crippen molar-refractivity contribution >= 4 is 43.1 Å². The first-order valence-electron chi connectivity index (χ1n) is 8.67. The van der Waals surface area contributed by atoms with Gasteiger partial charge in [0.1, 0.15) is 12.4 Å². The molecule has 0 bridgehead atoms. The van der Waals surface area contributed by atoms with E-state index in [1.54, 1.807) is 46.5 Å². The minimum Gasteiger partial charge on any atom is -0.337 e. The maximum Gasteiger partial charge on any atom is 0.246 e. The molecule has 4 aromatic rings. The Morgan fingerprint density at radius 2 is 2.00 bits per heavy atom. The van der Waals surface area contributed by atoms with Gasteiger partial charge in [-0.05, 0) is 23.8 Å². The third-order valence-electron chi connectivity index (χ3n) is 4.33. The fourth-order valence-corrected chi connectivity index (χ4v) is 5.23. The summed E-state index contributed by atoms with van der Waals surface area (Å²) in [6.07, 6.45) is 3.04. The average molecular weight is 429 g/mol. The summed E-state index contributed by atoms with van der Waals surface area (Å²) in [4.78, 5) is 16.5. The molecule has 29 heavy (non-hydrogen) atoms. The highest BCUT2D eigenvalue weighted by Gasteiger charge is 2.22. The molecule has 0 aliphatic carbocycles. The number of halogens is 1. The van der Waals surface area contributed by atoms with Gasteiger partial charge in [0.15, 0.2) is 15.0 Å². The molecule has 0 aliphatic rings. The molecule has 0 fully saturated rings. The number of nitrogens with one attached hydrogen (secondary N) is 1. The van der Waals surface area contributed by atoms with E-state index in [9.17, 15) is 17.6 Å². The number of para-hydroxylation sites is 1. The molecule has 0 saturated carbocycles. The van der Waals surface area contributed by atoms with Gasteiger partial charge < -0.3 is 9.88 Å². The Hall–Kier alpha value is -3.04. The molecule has 0 radical (unpaired) electrons. The average Bonchev–Trinajstić information content (AvgIpc) is 3.30. The Morgan fingerprint density at radius 3 is 2.76 bits per heavy atom. The van der Waals surface area contributed by atoms with Gasteiger partial charge in [0.25, 0.3) is 0 Å². The summed E-state index contributed by atoms with van der Waals surface area (Å²) >= 11 is 1.30. The second kappa shape index (κ2) is 7.76. The molecular formula is C20H16FN3O3S2. The number of carbonyl (C=O) groups is 1. The Balaban J connectivity index is 1.67. The molecule has 2 heterocycles. The van der Waals surface area contributed by atoms with E-state index in [1.807, 2.05) is 0 Å². The fourth-order valence-electron chi connectivity index (χ4n) is 3.11. The van der Waals surface area contributed by atoms with Crippen LogP contribution in [0.15, 0.2) is 71.2 Å². The van der Waals surface area contributed by atoms with Crippen molar-refractivity contribution in [3.05, 3.63) is 77.7 Å². The van der Waals surface area contributed by atoms with Gasteiger partial charge >= 0.3 is 0 Å². The Labute approximate surface area is 170 Å². The van der Waals surface area contributed by atoms with Gasteiger partial charge in [-0.15, -0.1) is 11.3 Å². The van der Waals surface area contributed by atoms with E-state index >= 15 is 0 Å². The molecule has 1 amide bonds. The summed E-state index contributed by atoms with van der Waals surface area (Å²) in [6.45, 7) is -0.0599. The minimum atomic E-state index is -3.75. The number of thiazole rings is 1. The first kappa shape index (κ1) is 19.3. The normalized spacial score (nSPS) is 11.6. The molecule has 0 aliphatic heterocycles. The third kappa shape index (κ3) is 4.20. The lowest BCUT2D eigenvalue weighted by Gasteiger charge is -2.05. The molecule has 4 rings (SSSR count). The number of benzene rings is 2. The Kier molecular flexibility index (Phi) is 5.16. The first-order chi connectivity index (χ1) is 13.9. The van der Waals surface area contributed by atoms with Crippen molar-refractivity contribution in [3.63, 3.8) is 0 Å². The lowest BCUT2D eigenvalue weighted by molar-refractivity contribution is -0.116. The minimum absolute atomic E-state index is 0.0599. The van der Waals surface area contributed by atoms with E-state index in [4.69, 9.17) is 0 Å². The molecule has 6 nitrogen and oxygen atoms in total. The summed E-state index contributed by atoms with van der Waals surface area (Å²) in [5.41, 5.74) is 0.989. The van der Waals surface area contributed by atoms with Crippen LogP contribution in [0.2, 0.25) is 0 Å². The number of hydrogen-bond acceptors (Lipinski definition) is 5. The summed E-state index contributed by atoms with van der Waals surface area (Å²) in [7, 11) is -3.75. The molecule has 148 valence electrons. The van der Waals surface area contributed by atoms with Gasteiger partial charge in [-0.1, -0.05) is 30.3 Å². The highest BCUT2D eigenvalue weighted by Crippen LogP contribution is 2.28. The zero-order chi connectivity index (χ0) is 20.4. The zero-order valence-electron chi connectivity index (χ0n) is 15.1. The number of hydrogen-bond donors (Lipinski definition) is 1. The van der Waals surface area contributed by atoms with Crippen LogP contribution in [0.1, 0.15) is 5.56 Å². The van der Waals surface area contributed by atoms with Crippen molar-refractivity contribution in [2.45, 2.75) is 17.2 Å². The van der Waals surface area contributed by atoms with Crippen molar-refractivity contribution in [3.8, 4) is 0 Å². The molecule has 0 spiro atoms. The number of rotatable bonds is 6. The van der Waals surface area contributed by atoms with Crippen LogP contribution in [0.3, 0.4) is 0 Å². The molecule has 9 heteroatoms. The van der Waals surface area contributed by atoms with Gasteiger partial charge in [-0.3, -0.25) is 4.79 Å². The van der Waals surface area contributed by atoms with E-state index in [2.05, 4.69) is 10.3 Å². The molecule has 0 atom stereocenters. The molecule has 2 aromatic carbocycles. The Bertz CT molecular complexity index is 1280. The zero-order valence-corrected chi connectivity index (χ0v) is 16.7. The van der Waals surface area contributed by atoms with E-state index < -0.39 is 15.7 Å². The smallest absolute Gasteiger partial charge is 0.246 e. The number of fused-ring (bicyclic) bond motifs is 1. The van der Waals surface area contributed by atoms with Crippen molar-refractivity contribution < 1.29 is 17.6 Å². The van der Waals surface area contributed by atoms with Crippen molar-refractivity contribution in [2.75, 3.05) is 5.32 Å². The highest BCUT2D eigenvalue weighted by atomic mass is 32.2. The first-order valence-corrected chi connectivity index (χ1v) is 11.2. The number of sulfone groups is 1. The lowest BCUT2D eigenvalue weighted by Crippen LogP contribution is -2.18. The van der Waals surface area contributed by atoms with Crippen molar-refractivity contribution in [1.29, 1.82) is 0 Å². The van der Waals surface area contributed by atoms with Crippen molar-refractivity contribution in [1.82, 2.24) is 9.55 Å². The molecule has 2 aromatic heterocycles. The molecule has 0 unspecified atom stereocenters. The Morgan fingerprint density at radius 1 is 1.17 bits per heavy atom. The maximum absolute atomic E-state index is 13.5. The number of aromatic nitrogens is 2. The number of anilines is 1. The molecule has 1 N–H and O–H groups in total. The summed E-state index contributed by atoms with van der Waals surface area (Å²) < 4.78 is 41.1. The van der Waals surface area contributed by atoms with Gasteiger partial charge in [0.2, 0.25) is 5.91 Å². The number of amides is 1. The predicted molar refractivity (Wildman–Crippen MR) is 110 cm³/mol. The third-order valence-corrected chi connectivity index (χ3v) is 6.72. The summed E-state index contributed by atoms with van der Waals surface area (Å²) in [6, 6.07) is 12.5. The van der Waals surface area contributed by atoms with Crippen LogP contribution in [0.4, 0.5) is 9.52 Å². The number of carbonyl (C=O) groups excluding carboxylic acids is 1. The van der Waals surface area contributed by atoms with E-state index in [0.29, 0.717) is 21.6 Å². The van der Waals surface area contributed by atoms with Gasteiger partial charge in [-0.2, -0.15) is 0 Å². The van der Waals surface area contributed by atoms with Crippen molar-refractivity contribution in [2.24, 2.45) is 0 Å². The quantitative estimate of drug-likeness (QED) is 0.505. The lowest BCUT2D eigenvalue weighted by atomic mass is 10.2. The van der Waals surface area contributed by atoms with Crippen LogP contribution in [0.25, 0.3) is 10.9 Å². The van der Waals surface area contributed by atoms with Crippen LogP contribution in [-0.2, 0) is 26.9 Å². The second-order valence-electron chi connectivity index (χ2n) is 6.41. The van der Waals surface area contributed by atoms with Gasteiger partial charge in [0.05, 0.1) is 10.6 Å².